The average molecular weight is 1110 g/mol. The predicted molar refractivity (Wildman–Crippen MR) is 281 cm³/mol. The summed E-state index contributed by atoms with van der Waals surface area (Å²) in [5.74, 6) is -3.19. The standard InChI is InChI=1S/C31H32ClFN2O6.C24H26ClFN2O6.ClH/c1-34-18-31(13-20(14-31)16-39-2)35-15-22(23(36)11-9-21-10-12-24(40-3)25(32)26(21)33)28(37)29(27(35)30(34)38)41-17-19-7-5-4-6-8-19;1-27-12-24(8-13(9-24)11-33-2)28-10-15(21(30)22(31)20(28)23(27)32)16(29)6-4-14-5-7-17(34-3)18(25)19(14)26;/h4-8,10,12,15,20H,9,11,13-14,16-18H2,1-3H3;5,7,10,13,31H,4,6,8-9,11-12H2,1-3H3;1H. The molecule has 406 valence electrons. The number of ketones is 2. The molecule has 0 bridgehead atoms. The number of Topliss-reactive ketones (excluding diaryl/α,β-unsaturated/α-hetero) is 2. The number of amides is 2. The Morgan fingerprint density at radius 3 is 1.54 bits per heavy atom. The minimum absolute atomic E-state index is 0. The number of carbonyl (C=O) groups excluding carboxylic acids is 4. The van der Waals surface area contributed by atoms with Crippen molar-refractivity contribution < 1.29 is 56.7 Å². The molecule has 2 spiro atoms. The molecule has 1 N–H and O–H groups in total. The molecule has 2 aliphatic heterocycles. The third-order valence-electron chi connectivity index (χ3n) is 14.8. The fourth-order valence-corrected chi connectivity index (χ4v) is 11.7. The molecule has 0 atom stereocenters. The summed E-state index contributed by atoms with van der Waals surface area (Å²) >= 11 is 12.0. The van der Waals surface area contributed by atoms with Crippen LogP contribution in [-0.4, -0.2) is 116 Å². The number of nitrogens with zero attached hydrogens (tertiary/aromatic N) is 4. The van der Waals surface area contributed by atoms with Crippen LogP contribution >= 0.6 is 35.6 Å². The lowest BCUT2D eigenvalue weighted by Crippen LogP contribution is -2.60. The number of rotatable bonds is 17. The minimum atomic E-state index is -0.906. The van der Waals surface area contributed by atoms with E-state index in [0.29, 0.717) is 39.1 Å². The van der Waals surface area contributed by atoms with Crippen LogP contribution in [0.15, 0.2) is 76.6 Å². The Bertz CT molecular complexity index is 3180. The van der Waals surface area contributed by atoms with Gasteiger partial charge in [-0.15, -0.1) is 12.4 Å². The summed E-state index contributed by atoms with van der Waals surface area (Å²) in [5, 5.41) is 10.3. The SMILES string of the molecule is COCC1CC2(C1)CN(C)C(=O)c1c(O)c(=O)c(C(=O)CCc3ccc(OC)c(Cl)c3F)cn12.COCC1CC2(C1)CN(C)C(=O)c1c(OCc3ccccc3)c(=O)c(C(=O)CCc3ccc(OC)c(Cl)c3F)cn12.Cl. The first-order valence-electron chi connectivity index (χ1n) is 24.3. The number of likely N-dealkylation sites (N-methyl/N-ethyl adjacent to an activating group) is 2. The van der Waals surface area contributed by atoms with Gasteiger partial charge in [0.05, 0.1) is 36.4 Å². The highest BCUT2D eigenvalue weighted by atomic mass is 35.5. The van der Waals surface area contributed by atoms with Crippen molar-refractivity contribution in [2.24, 2.45) is 11.8 Å². The number of aromatic nitrogens is 2. The van der Waals surface area contributed by atoms with Gasteiger partial charge in [-0.2, -0.15) is 0 Å². The van der Waals surface area contributed by atoms with Gasteiger partial charge in [-0.25, -0.2) is 8.78 Å². The maximum absolute atomic E-state index is 14.8. The lowest BCUT2D eigenvalue weighted by molar-refractivity contribution is -0.0192. The van der Waals surface area contributed by atoms with E-state index in [1.807, 2.05) is 30.3 Å². The number of hydrogen-bond acceptors (Lipinski definition) is 12. The molecule has 2 amide bonds. The number of aromatic hydroxyl groups is 1. The third-order valence-corrected chi connectivity index (χ3v) is 15.5. The second-order valence-electron chi connectivity index (χ2n) is 19.8. The van der Waals surface area contributed by atoms with Crippen LogP contribution in [0, 0.1) is 23.5 Å². The van der Waals surface area contributed by atoms with Crippen molar-refractivity contribution in [3.8, 4) is 23.0 Å². The van der Waals surface area contributed by atoms with E-state index in [1.165, 1.54) is 55.8 Å². The molecule has 0 radical (unpaired) electrons. The molecule has 16 nitrogen and oxygen atoms in total. The van der Waals surface area contributed by atoms with Crippen molar-refractivity contribution in [2.45, 2.75) is 69.1 Å². The van der Waals surface area contributed by atoms with Gasteiger partial charge in [0.15, 0.2) is 34.5 Å². The molecule has 2 fully saturated rings. The third kappa shape index (κ3) is 10.8. The number of halogens is 5. The van der Waals surface area contributed by atoms with Gasteiger partial charge in [0.25, 0.3) is 11.8 Å². The first kappa shape index (κ1) is 57.4. The Morgan fingerprint density at radius 1 is 0.658 bits per heavy atom. The summed E-state index contributed by atoms with van der Waals surface area (Å²) in [7, 11) is 9.35. The molecule has 0 unspecified atom stereocenters. The summed E-state index contributed by atoms with van der Waals surface area (Å²) < 4.78 is 59.4. The zero-order valence-electron chi connectivity index (χ0n) is 42.8. The van der Waals surface area contributed by atoms with E-state index in [9.17, 15) is 42.7 Å². The van der Waals surface area contributed by atoms with Crippen LogP contribution in [0.5, 0.6) is 23.0 Å². The van der Waals surface area contributed by atoms with Gasteiger partial charge in [0.1, 0.15) is 39.8 Å². The van der Waals surface area contributed by atoms with Crippen molar-refractivity contribution in [1.82, 2.24) is 18.9 Å². The maximum Gasteiger partial charge on any atom is 0.274 e. The molecule has 76 heavy (non-hydrogen) atoms. The predicted octanol–water partition coefficient (Wildman–Crippen LogP) is 8.31. The molecule has 2 saturated carbocycles. The van der Waals surface area contributed by atoms with E-state index in [-0.39, 0.29) is 123 Å². The molecule has 0 saturated heterocycles. The van der Waals surface area contributed by atoms with E-state index in [0.717, 1.165) is 18.4 Å². The van der Waals surface area contributed by atoms with Crippen LogP contribution in [0.25, 0.3) is 0 Å². The van der Waals surface area contributed by atoms with Crippen LogP contribution in [0.3, 0.4) is 0 Å². The molecule has 4 heterocycles. The van der Waals surface area contributed by atoms with Crippen LogP contribution in [0.1, 0.15) is 96.9 Å². The Kier molecular flexibility index (Phi) is 17.8. The average Bonchev–Trinajstić information content (AvgIpc) is 3.50. The number of benzene rings is 3. The van der Waals surface area contributed by atoms with Gasteiger partial charge in [0, 0.05) is 79.9 Å². The molecule has 2 aromatic heterocycles. The van der Waals surface area contributed by atoms with Gasteiger partial charge in [-0.3, -0.25) is 28.8 Å². The molecule has 21 heteroatoms. The van der Waals surface area contributed by atoms with Crippen molar-refractivity contribution in [1.29, 1.82) is 0 Å². The van der Waals surface area contributed by atoms with Crippen LogP contribution in [0.2, 0.25) is 10.0 Å². The van der Waals surface area contributed by atoms with Crippen LogP contribution in [0.4, 0.5) is 8.78 Å². The number of hydrogen-bond donors (Lipinski definition) is 1. The second kappa shape index (κ2) is 23.5. The monoisotopic (exact) mass is 1110 g/mol. The first-order chi connectivity index (χ1) is 35.8. The molecular formula is C55H59Cl3F2N4O12. The summed E-state index contributed by atoms with van der Waals surface area (Å²) in [6, 6.07) is 15.3. The fraction of sp³-hybridized carbons (Fsp3) is 0.418. The number of fused-ring (bicyclic) bond motifs is 4. The van der Waals surface area contributed by atoms with E-state index >= 15 is 0 Å². The number of methoxy groups -OCH3 is 4. The van der Waals surface area contributed by atoms with E-state index in [2.05, 4.69) is 0 Å². The summed E-state index contributed by atoms with van der Waals surface area (Å²) in [6.07, 6.45) is 5.38. The van der Waals surface area contributed by atoms with Gasteiger partial charge >= 0.3 is 0 Å². The van der Waals surface area contributed by atoms with Crippen molar-refractivity contribution in [3.63, 3.8) is 0 Å². The molecule has 9 rings (SSSR count). The van der Waals surface area contributed by atoms with Gasteiger partial charge < -0.3 is 47.7 Å². The van der Waals surface area contributed by atoms with E-state index < -0.39 is 56.8 Å². The molecular weight excluding hydrogens is 1050 g/mol. The smallest absolute Gasteiger partial charge is 0.274 e. The Morgan fingerprint density at radius 2 is 1.09 bits per heavy atom. The van der Waals surface area contributed by atoms with Gasteiger partial charge in [-0.05, 0) is 79.2 Å². The molecule has 2 aliphatic carbocycles. The Balaban J connectivity index is 0.000000222. The molecule has 4 aliphatic rings. The summed E-state index contributed by atoms with van der Waals surface area (Å²) in [6.45, 7) is 2.01. The quantitative estimate of drug-likeness (QED) is 0.0880. The first-order valence-corrected chi connectivity index (χ1v) is 25.1. The highest BCUT2D eigenvalue weighted by Crippen LogP contribution is 2.50. The van der Waals surface area contributed by atoms with Gasteiger partial charge in [-0.1, -0.05) is 65.7 Å². The highest BCUT2D eigenvalue weighted by molar-refractivity contribution is 6.32. The lowest BCUT2D eigenvalue weighted by atomic mass is 9.67. The minimum Gasteiger partial charge on any atom is -0.503 e. The molecule has 3 aromatic carbocycles. The number of aryl methyl sites for hydroxylation is 2. The van der Waals surface area contributed by atoms with E-state index in [1.54, 1.807) is 42.3 Å². The zero-order chi connectivity index (χ0) is 54.1. The highest BCUT2D eigenvalue weighted by Gasteiger charge is 2.53. The van der Waals surface area contributed by atoms with Crippen molar-refractivity contribution >= 4 is 59.0 Å². The summed E-state index contributed by atoms with van der Waals surface area (Å²) in [5.41, 5.74) is -1.64. The second-order valence-corrected chi connectivity index (χ2v) is 20.6. The maximum atomic E-state index is 14.8. The summed E-state index contributed by atoms with van der Waals surface area (Å²) in [4.78, 5) is 82.5. The van der Waals surface area contributed by atoms with Crippen LogP contribution < -0.4 is 25.1 Å². The number of ether oxygens (including phenoxy) is 5. The van der Waals surface area contributed by atoms with Crippen LogP contribution in [-0.2, 0) is 40.0 Å². The van der Waals surface area contributed by atoms with Crippen molar-refractivity contribution in [2.75, 3.05) is 68.8 Å². The Labute approximate surface area is 453 Å². The fourth-order valence-electron chi connectivity index (χ4n) is 11.1. The topological polar surface area (TPSA) is 185 Å². The van der Waals surface area contributed by atoms with Gasteiger partial charge in [0.2, 0.25) is 10.9 Å². The molecule has 5 aromatic rings. The Hall–Kier alpha value is -6.31. The number of pyridine rings is 2. The largest absolute Gasteiger partial charge is 0.503 e. The number of carbonyl (C=O) groups is 4. The lowest BCUT2D eigenvalue weighted by Gasteiger charge is -2.54. The van der Waals surface area contributed by atoms with Crippen molar-refractivity contribution in [3.05, 3.63) is 148 Å². The zero-order valence-corrected chi connectivity index (χ0v) is 45.2. The van der Waals surface area contributed by atoms with E-state index in [4.69, 9.17) is 46.9 Å². The normalized spacial score (nSPS) is 20.1.